The van der Waals surface area contributed by atoms with E-state index in [1.165, 1.54) is 4.40 Å². The molecule has 4 heteroatoms. The van der Waals surface area contributed by atoms with Crippen molar-refractivity contribution in [2.24, 2.45) is 0 Å². The Hall–Kier alpha value is -2.88. The molecule has 0 radical (unpaired) electrons. The molecule has 0 unspecified atom stereocenters. The van der Waals surface area contributed by atoms with Gasteiger partial charge in [-0.15, -0.1) is 0 Å². The number of hydrogen-bond acceptors (Lipinski definition) is 3. The van der Waals surface area contributed by atoms with Crippen LogP contribution in [0, 0.1) is 6.92 Å². The lowest BCUT2D eigenvalue weighted by Gasteiger charge is -2.08. The van der Waals surface area contributed by atoms with Gasteiger partial charge in [0, 0.05) is 6.20 Å². The van der Waals surface area contributed by atoms with Crippen LogP contribution < -0.4 is 11.0 Å². The van der Waals surface area contributed by atoms with Crippen LogP contribution in [0.5, 0.6) is 0 Å². The second kappa shape index (κ2) is 4.06. The Morgan fingerprint density at radius 3 is 2.62 bits per heavy atom. The van der Waals surface area contributed by atoms with Gasteiger partial charge in [-0.3, -0.25) is 14.0 Å². The third-order valence-corrected chi connectivity index (χ3v) is 3.79. The molecule has 0 atom stereocenters. The second-order valence-electron chi connectivity index (χ2n) is 5.02. The van der Waals surface area contributed by atoms with Gasteiger partial charge in [-0.1, -0.05) is 18.2 Å². The maximum Gasteiger partial charge on any atom is 0.261 e. The van der Waals surface area contributed by atoms with Crippen LogP contribution in [-0.4, -0.2) is 4.40 Å². The fraction of sp³-hybridized carbons (Fsp3) is 0.0588. The average molecular weight is 277 g/mol. The first-order valence-electron chi connectivity index (χ1n) is 6.64. The molecule has 0 N–H and O–H groups in total. The summed E-state index contributed by atoms with van der Waals surface area (Å²) in [4.78, 5) is 25.2. The minimum Gasteiger partial charge on any atom is -0.455 e. The van der Waals surface area contributed by atoms with Gasteiger partial charge in [0.2, 0.25) is 5.43 Å². The van der Waals surface area contributed by atoms with Gasteiger partial charge < -0.3 is 4.42 Å². The molecule has 3 heterocycles. The molecular weight excluding hydrogens is 266 g/mol. The highest BCUT2D eigenvalue weighted by molar-refractivity contribution is 5.99. The quantitative estimate of drug-likeness (QED) is 0.367. The number of hydrogen-bond donors (Lipinski definition) is 0. The van der Waals surface area contributed by atoms with E-state index in [4.69, 9.17) is 4.42 Å². The molecule has 1 aromatic carbocycles. The molecule has 21 heavy (non-hydrogen) atoms. The van der Waals surface area contributed by atoms with Gasteiger partial charge in [-0.25, -0.2) is 0 Å². The van der Waals surface area contributed by atoms with Crippen molar-refractivity contribution in [3.05, 3.63) is 74.8 Å². The van der Waals surface area contributed by atoms with E-state index in [1.54, 1.807) is 55.6 Å². The molecule has 4 nitrogen and oxygen atoms in total. The van der Waals surface area contributed by atoms with Crippen molar-refractivity contribution in [3.63, 3.8) is 0 Å². The Labute approximate surface area is 118 Å². The highest BCUT2D eigenvalue weighted by Gasteiger charge is 2.15. The molecule has 3 aromatic heterocycles. The van der Waals surface area contributed by atoms with Crippen LogP contribution in [0.3, 0.4) is 0 Å². The Bertz CT molecular complexity index is 1140. The fourth-order valence-electron chi connectivity index (χ4n) is 2.74. The largest absolute Gasteiger partial charge is 0.455 e. The zero-order valence-corrected chi connectivity index (χ0v) is 11.3. The van der Waals surface area contributed by atoms with Crippen LogP contribution in [0.4, 0.5) is 0 Å². The van der Waals surface area contributed by atoms with Crippen molar-refractivity contribution in [1.29, 1.82) is 0 Å². The van der Waals surface area contributed by atoms with E-state index in [0.717, 1.165) is 0 Å². The molecule has 0 aliphatic rings. The van der Waals surface area contributed by atoms with Crippen molar-refractivity contribution < 1.29 is 4.42 Å². The molecule has 0 spiro atoms. The first-order chi connectivity index (χ1) is 10.2. The van der Waals surface area contributed by atoms with E-state index in [2.05, 4.69) is 0 Å². The Morgan fingerprint density at radius 2 is 1.76 bits per heavy atom. The second-order valence-corrected chi connectivity index (χ2v) is 5.02. The summed E-state index contributed by atoms with van der Waals surface area (Å²) in [5.74, 6) is 0. The molecule has 4 rings (SSSR count). The van der Waals surface area contributed by atoms with Crippen LogP contribution >= 0.6 is 0 Å². The Morgan fingerprint density at radius 1 is 1.00 bits per heavy atom. The van der Waals surface area contributed by atoms with Crippen LogP contribution in [0.25, 0.3) is 27.5 Å². The van der Waals surface area contributed by atoms with Gasteiger partial charge in [-0.2, -0.15) is 0 Å². The molecule has 0 saturated heterocycles. The SMILES string of the molecule is Cc1c(=O)n2ccccc2c2c(=O)c3ccccc3oc12. The third-order valence-electron chi connectivity index (χ3n) is 3.79. The number of benzene rings is 1. The van der Waals surface area contributed by atoms with E-state index >= 15 is 0 Å². The number of para-hydroxylation sites is 1. The predicted molar refractivity (Wildman–Crippen MR) is 82.0 cm³/mol. The number of fused-ring (bicyclic) bond motifs is 4. The topological polar surface area (TPSA) is 51.7 Å². The Balaban J connectivity index is 2.47. The third kappa shape index (κ3) is 1.50. The summed E-state index contributed by atoms with van der Waals surface area (Å²) in [5.41, 5.74) is 1.60. The molecule has 0 amide bonds. The number of nitrogens with zero attached hydrogens (tertiary/aromatic N) is 1. The van der Waals surface area contributed by atoms with Gasteiger partial charge in [0.25, 0.3) is 5.56 Å². The predicted octanol–water partition coefficient (Wildman–Crippen LogP) is 2.87. The highest BCUT2D eigenvalue weighted by Crippen LogP contribution is 2.22. The van der Waals surface area contributed by atoms with Crippen LogP contribution in [-0.2, 0) is 0 Å². The van der Waals surface area contributed by atoms with Gasteiger partial charge in [0.1, 0.15) is 11.2 Å². The highest BCUT2D eigenvalue weighted by atomic mass is 16.3. The average Bonchev–Trinajstić information content (AvgIpc) is 2.52. The summed E-state index contributed by atoms with van der Waals surface area (Å²) in [6.45, 7) is 1.68. The van der Waals surface area contributed by atoms with E-state index < -0.39 is 0 Å². The normalized spacial score (nSPS) is 11.5. The van der Waals surface area contributed by atoms with Gasteiger partial charge in [0.15, 0.2) is 0 Å². The number of aryl methyl sites for hydroxylation is 1. The molecule has 0 fully saturated rings. The molecule has 0 aliphatic carbocycles. The van der Waals surface area contributed by atoms with Crippen LogP contribution in [0.15, 0.2) is 62.7 Å². The summed E-state index contributed by atoms with van der Waals surface area (Å²) >= 11 is 0. The van der Waals surface area contributed by atoms with Crippen molar-refractivity contribution in [2.45, 2.75) is 6.92 Å². The number of aromatic nitrogens is 1. The molecular formula is C17H11NO3. The van der Waals surface area contributed by atoms with Gasteiger partial charge >= 0.3 is 0 Å². The minimum absolute atomic E-state index is 0.112. The van der Waals surface area contributed by atoms with E-state index in [0.29, 0.717) is 33.0 Å². The minimum atomic E-state index is -0.170. The zero-order valence-electron chi connectivity index (χ0n) is 11.3. The van der Waals surface area contributed by atoms with E-state index in [1.807, 2.05) is 0 Å². The lowest BCUT2D eigenvalue weighted by atomic mass is 10.1. The fourth-order valence-corrected chi connectivity index (χ4v) is 2.74. The standard InChI is InChI=1S/C17H11NO3/c1-10-16-14(12-7-4-5-9-18(12)17(10)20)15(19)11-6-2-3-8-13(11)21-16/h2-9H,1H3. The number of rotatable bonds is 0. The molecule has 0 saturated carbocycles. The summed E-state index contributed by atoms with van der Waals surface area (Å²) < 4.78 is 7.32. The summed E-state index contributed by atoms with van der Waals surface area (Å²) in [7, 11) is 0. The smallest absolute Gasteiger partial charge is 0.261 e. The summed E-state index contributed by atoms with van der Waals surface area (Å²) in [6.07, 6.45) is 1.67. The zero-order chi connectivity index (χ0) is 14.6. The molecule has 4 aromatic rings. The van der Waals surface area contributed by atoms with E-state index in [9.17, 15) is 9.59 Å². The molecule has 0 bridgehead atoms. The lowest BCUT2D eigenvalue weighted by molar-refractivity contribution is 0.655. The van der Waals surface area contributed by atoms with E-state index in [-0.39, 0.29) is 11.0 Å². The van der Waals surface area contributed by atoms with Crippen LogP contribution in [0.2, 0.25) is 0 Å². The van der Waals surface area contributed by atoms with Gasteiger partial charge in [0.05, 0.1) is 21.9 Å². The summed E-state index contributed by atoms with van der Waals surface area (Å²) in [5, 5.41) is 0.972. The summed E-state index contributed by atoms with van der Waals surface area (Å²) in [6, 6.07) is 12.4. The van der Waals surface area contributed by atoms with Crippen molar-refractivity contribution in [1.82, 2.24) is 4.40 Å². The first-order valence-corrected chi connectivity index (χ1v) is 6.64. The maximum atomic E-state index is 12.8. The van der Waals surface area contributed by atoms with Crippen molar-refractivity contribution in [3.8, 4) is 0 Å². The maximum absolute atomic E-state index is 12.8. The molecule has 102 valence electrons. The molecule has 0 aliphatic heterocycles. The van der Waals surface area contributed by atoms with Crippen molar-refractivity contribution in [2.75, 3.05) is 0 Å². The lowest BCUT2D eigenvalue weighted by Crippen LogP contribution is -2.19. The monoisotopic (exact) mass is 277 g/mol. The van der Waals surface area contributed by atoms with Crippen LogP contribution in [0.1, 0.15) is 5.56 Å². The van der Waals surface area contributed by atoms with Crippen molar-refractivity contribution >= 4 is 27.5 Å². The number of pyridine rings is 2. The van der Waals surface area contributed by atoms with Gasteiger partial charge in [-0.05, 0) is 31.2 Å². The Kier molecular flexibility index (Phi) is 2.30. The first kappa shape index (κ1) is 11.9.